The minimum atomic E-state index is 0.0143. The van der Waals surface area contributed by atoms with Crippen LogP contribution in [0.2, 0.25) is 0 Å². The highest BCUT2D eigenvalue weighted by molar-refractivity contribution is 5.78. The zero-order valence-corrected chi connectivity index (χ0v) is 17.9. The monoisotopic (exact) mass is 409 g/mol. The van der Waals surface area contributed by atoms with Crippen molar-refractivity contribution >= 4 is 11.8 Å². The maximum Gasteiger partial charge on any atom is 0.234 e. The van der Waals surface area contributed by atoms with E-state index in [1.54, 1.807) is 0 Å². The maximum atomic E-state index is 12.4. The number of nitrogens with zero attached hydrogens (tertiary/aromatic N) is 2. The van der Waals surface area contributed by atoms with Crippen LogP contribution >= 0.6 is 0 Å². The lowest BCUT2D eigenvalue weighted by Crippen LogP contribution is -2.51. The zero-order valence-electron chi connectivity index (χ0n) is 17.9. The van der Waals surface area contributed by atoms with E-state index in [1.165, 1.54) is 11.1 Å². The Morgan fingerprint density at radius 3 is 2.40 bits per heavy atom. The average molecular weight is 410 g/mol. The molecule has 30 heavy (non-hydrogen) atoms. The van der Waals surface area contributed by atoms with Gasteiger partial charge >= 0.3 is 0 Å². The van der Waals surface area contributed by atoms with Crippen LogP contribution in [0, 0.1) is 13.8 Å². The Bertz CT molecular complexity index is 846. The van der Waals surface area contributed by atoms with Crippen molar-refractivity contribution in [1.82, 2.24) is 15.1 Å². The molecule has 0 atom stereocenters. The van der Waals surface area contributed by atoms with Gasteiger partial charge in [-0.25, -0.2) is 0 Å². The van der Waals surface area contributed by atoms with Crippen molar-refractivity contribution in [2.75, 3.05) is 39.3 Å². The SMILES string of the molecule is Cc1ccc(OCCC(=O)N2CCN(CC(=O)NCc3ccccc3)CC2)cc1C. The molecule has 1 heterocycles. The molecule has 6 nitrogen and oxygen atoms in total. The first-order valence-electron chi connectivity index (χ1n) is 10.5. The molecular weight excluding hydrogens is 378 g/mol. The third-order valence-electron chi connectivity index (χ3n) is 5.49. The largest absolute Gasteiger partial charge is 0.493 e. The van der Waals surface area contributed by atoms with Crippen molar-refractivity contribution in [1.29, 1.82) is 0 Å². The van der Waals surface area contributed by atoms with Crippen molar-refractivity contribution < 1.29 is 14.3 Å². The molecule has 1 aliphatic rings. The fourth-order valence-electron chi connectivity index (χ4n) is 3.43. The van der Waals surface area contributed by atoms with E-state index in [-0.39, 0.29) is 11.8 Å². The van der Waals surface area contributed by atoms with E-state index >= 15 is 0 Å². The number of rotatable bonds is 8. The molecule has 2 aromatic rings. The molecule has 0 aromatic heterocycles. The minimum Gasteiger partial charge on any atom is -0.493 e. The van der Waals surface area contributed by atoms with Gasteiger partial charge in [-0.1, -0.05) is 36.4 Å². The number of carbonyl (C=O) groups excluding carboxylic acids is 2. The fourth-order valence-corrected chi connectivity index (χ4v) is 3.43. The first-order valence-corrected chi connectivity index (χ1v) is 10.5. The number of piperazine rings is 1. The summed E-state index contributed by atoms with van der Waals surface area (Å²) in [6.45, 7) is 8.12. The number of nitrogens with one attached hydrogen (secondary N) is 1. The molecule has 0 bridgehead atoms. The van der Waals surface area contributed by atoms with Crippen LogP contribution < -0.4 is 10.1 Å². The van der Waals surface area contributed by atoms with E-state index in [2.05, 4.69) is 24.1 Å². The predicted octanol–water partition coefficient (Wildman–Crippen LogP) is 2.53. The number of benzene rings is 2. The Labute approximate surface area is 178 Å². The molecule has 1 fully saturated rings. The van der Waals surface area contributed by atoms with Gasteiger partial charge in [0, 0.05) is 32.7 Å². The van der Waals surface area contributed by atoms with Gasteiger partial charge in [0.25, 0.3) is 0 Å². The highest BCUT2D eigenvalue weighted by Gasteiger charge is 2.22. The number of hydrogen-bond donors (Lipinski definition) is 1. The van der Waals surface area contributed by atoms with Gasteiger partial charge in [0.15, 0.2) is 0 Å². The lowest BCUT2D eigenvalue weighted by molar-refractivity contribution is -0.133. The van der Waals surface area contributed by atoms with Crippen LogP contribution in [0.15, 0.2) is 48.5 Å². The second-order valence-electron chi connectivity index (χ2n) is 7.76. The molecule has 2 aromatic carbocycles. The van der Waals surface area contributed by atoms with Gasteiger partial charge in [0.2, 0.25) is 11.8 Å². The van der Waals surface area contributed by atoms with Crippen LogP contribution in [-0.4, -0.2) is 60.9 Å². The topological polar surface area (TPSA) is 61.9 Å². The van der Waals surface area contributed by atoms with Gasteiger partial charge in [-0.05, 0) is 42.7 Å². The molecule has 3 rings (SSSR count). The van der Waals surface area contributed by atoms with Crippen molar-refractivity contribution in [3.05, 3.63) is 65.2 Å². The first-order chi connectivity index (χ1) is 14.5. The number of aryl methyl sites for hydroxylation is 2. The summed E-state index contributed by atoms with van der Waals surface area (Å²) in [6.07, 6.45) is 0.366. The van der Waals surface area contributed by atoms with E-state index < -0.39 is 0 Å². The summed E-state index contributed by atoms with van der Waals surface area (Å²) in [5, 5.41) is 2.95. The molecule has 0 unspecified atom stereocenters. The van der Waals surface area contributed by atoms with E-state index in [9.17, 15) is 9.59 Å². The summed E-state index contributed by atoms with van der Waals surface area (Å²) >= 11 is 0. The van der Waals surface area contributed by atoms with Crippen molar-refractivity contribution in [3.63, 3.8) is 0 Å². The zero-order chi connectivity index (χ0) is 21.3. The number of ether oxygens (including phenoxy) is 1. The first kappa shape index (κ1) is 21.8. The van der Waals surface area contributed by atoms with Crippen LogP contribution in [0.3, 0.4) is 0 Å². The van der Waals surface area contributed by atoms with Gasteiger partial charge < -0.3 is 15.0 Å². The molecule has 1 N–H and O–H groups in total. The third kappa shape index (κ3) is 6.59. The summed E-state index contributed by atoms with van der Waals surface area (Å²) in [6, 6.07) is 15.8. The number of carbonyl (C=O) groups is 2. The molecule has 6 heteroatoms. The Morgan fingerprint density at radius 1 is 0.967 bits per heavy atom. The molecule has 0 aliphatic carbocycles. The summed E-state index contributed by atoms with van der Waals surface area (Å²) in [5.74, 6) is 0.921. The fraction of sp³-hybridized carbons (Fsp3) is 0.417. The third-order valence-corrected chi connectivity index (χ3v) is 5.49. The summed E-state index contributed by atoms with van der Waals surface area (Å²) in [4.78, 5) is 28.6. The van der Waals surface area contributed by atoms with Crippen molar-refractivity contribution in [2.45, 2.75) is 26.8 Å². The summed E-state index contributed by atoms with van der Waals surface area (Å²) in [5.41, 5.74) is 3.50. The van der Waals surface area contributed by atoms with Crippen LogP contribution in [0.4, 0.5) is 0 Å². The Morgan fingerprint density at radius 2 is 1.70 bits per heavy atom. The molecule has 0 radical (unpaired) electrons. The average Bonchev–Trinajstić information content (AvgIpc) is 2.76. The van der Waals surface area contributed by atoms with Gasteiger partial charge in [0.05, 0.1) is 19.6 Å². The summed E-state index contributed by atoms with van der Waals surface area (Å²) < 4.78 is 5.73. The van der Waals surface area contributed by atoms with Gasteiger partial charge in [0.1, 0.15) is 5.75 Å². The molecular formula is C24H31N3O3. The minimum absolute atomic E-state index is 0.0143. The Hall–Kier alpha value is -2.86. The van der Waals surface area contributed by atoms with Crippen molar-refractivity contribution in [2.24, 2.45) is 0 Å². The quantitative estimate of drug-likeness (QED) is 0.728. The normalized spacial score (nSPS) is 14.4. The molecule has 1 aliphatic heterocycles. The lowest BCUT2D eigenvalue weighted by atomic mass is 10.1. The van der Waals surface area contributed by atoms with E-state index in [1.807, 2.05) is 53.4 Å². The van der Waals surface area contributed by atoms with Crippen molar-refractivity contribution in [3.8, 4) is 5.75 Å². The summed E-state index contributed by atoms with van der Waals surface area (Å²) in [7, 11) is 0. The van der Waals surface area contributed by atoms with Crippen LogP contribution in [0.1, 0.15) is 23.1 Å². The number of amides is 2. The second kappa shape index (κ2) is 10.8. The predicted molar refractivity (Wildman–Crippen MR) is 117 cm³/mol. The van der Waals surface area contributed by atoms with E-state index in [4.69, 9.17) is 4.74 Å². The Kier molecular flexibility index (Phi) is 7.85. The second-order valence-corrected chi connectivity index (χ2v) is 7.76. The van der Waals surface area contributed by atoms with E-state index in [0.29, 0.717) is 52.3 Å². The van der Waals surface area contributed by atoms with Gasteiger partial charge in [-0.15, -0.1) is 0 Å². The Balaban J connectivity index is 1.32. The van der Waals surface area contributed by atoms with Crippen LogP contribution in [0.25, 0.3) is 0 Å². The van der Waals surface area contributed by atoms with E-state index in [0.717, 1.165) is 11.3 Å². The lowest BCUT2D eigenvalue weighted by Gasteiger charge is -2.34. The standard InChI is InChI=1S/C24H31N3O3/c1-19-8-9-22(16-20(19)2)30-15-10-24(29)27-13-11-26(12-14-27)18-23(28)25-17-21-6-4-3-5-7-21/h3-9,16H,10-15,17-18H2,1-2H3,(H,25,28). The smallest absolute Gasteiger partial charge is 0.234 e. The van der Waals surface area contributed by atoms with Crippen LogP contribution in [-0.2, 0) is 16.1 Å². The maximum absolute atomic E-state index is 12.4. The molecule has 0 saturated carbocycles. The van der Waals surface area contributed by atoms with Crippen LogP contribution in [0.5, 0.6) is 5.75 Å². The number of hydrogen-bond acceptors (Lipinski definition) is 4. The van der Waals surface area contributed by atoms with Gasteiger partial charge in [-0.2, -0.15) is 0 Å². The molecule has 2 amide bonds. The highest BCUT2D eigenvalue weighted by atomic mass is 16.5. The molecule has 1 saturated heterocycles. The van der Waals surface area contributed by atoms with Gasteiger partial charge in [-0.3, -0.25) is 14.5 Å². The highest BCUT2D eigenvalue weighted by Crippen LogP contribution is 2.16. The molecule has 160 valence electrons. The molecule has 0 spiro atoms.